The van der Waals surface area contributed by atoms with Gasteiger partial charge in [0.1, 0.15) is 28.1 Å². The predicted molar refractivity (Wildman–Crippen MR) is 170 cm³/mol. The molecule has 4 aliphatic rings. The summed E-state index contributed by atoms with van der Waals surface area (Å²) in [5.74, 6) is 3.04. The van der Waals surface area contributed by atoms with Crippen molar-refractivity contribution in [1.29, 1.82) is 0 Å². The average Bonchev–Trinajstić information content (AvgIpc) is 3.65. The van der Waals surface area contributed by atoms with Gasteiger partial charge in [-0.1, -0.05) is 31.2 Å². The summed E-state index contributed by atoms with van der Waals surface area (Å²) in [4.78, 5) is 20.8. The summed E-state index contributed by atoms with van der Waals surface area (Å²) in [6, 6.07) is 13.4. The summed E-state index contributed by atoms with van der Waals surface area (Å²) in [6.07, 6.45) is 3.23. The molecule has 3 aliphatic heterocycles. The van der Waals surface area contributed by atoms with Crippen molar-refractivity contribution in [3.05, 3.63) is 53.5 Å². The lowest BCUT2D eigenvalue weighted by atomic mass is 9.79. The van der Waals surface area contributed by atoms with Crippen molar-refractivity contribution in [2.24, 2.45) is 5.92 Å². The molecular formula is C34H39N7O. The molecule has 4 fully saturated rings. The molecule has 3 atom stereocenters. The molecule has 9 rings (SSSR count). The van der Waals surface area contributed by atoms with E-state index in [-0.39, 0.29) is 5.75 Å². The van der Waals surface area contributed by atoms with Crippen LogP contribution in [0.15, 0.2) is 36.4 Å². The predicted octanol–water partition coefficient (Wildman–Crippen LogP) is 5.36. The SMILES string of the molecule is CCCc1nc2c(N3CC(N(C)C)C3)nc3c(C)c(-c4cc(O)cc5ccccc45)c(C)nc3c2n1C1C2CNC1C2. The fourth-order valence-corrected chi connectivity index (χ4v) is 7.80. The third kappa shape index (κ3) is 3.64. The number of benzene rings is 2. The van der Waals surface area contributed by atoms with Crippen LogP contribution in [0, 0.1) is 19.8 Å². The summed E-state index contributed by atoms with van der Waals surface area (Å²) in [6.45, 7) is 9.47. The molecule has 2 aromatic carbocycles. The largest absolute Gasteiger partial charge is 0.508 e. The number of phenols is 1. The molecule has 5 aromatic rings. The Morgan fingerprint density at radius 3 is 2.55 bits per heavy atom. The number of nitrogens with zero attached hydrogens (tertiary/aromatic N) is 6. The monoisotopic (exact) mass is 561 g/mol. The maximum atomic E-state index is 10.7. The molecule has 1 aliphatic carbocycles. The van der Waals surface area contributed by atoms with Gasteiger partial charge in [-0.25, -0.2) is 15.0 Å². The van der Waals surface area contributed by atoms with Crippen LogP contribution in [-0.4, -0.2) is 75.3 Å². The van der Waals surface area contributed by atoms with E-state index in [2.05, 4.69) is 72.7 Å². The van der Waals surface area contributed by atoms with Crippen molar-refractivity contribution >= 4 is 38.7 Å². The fraction of sp³-hybridized carbons (Fsp3) is 0.441. The highest BCUT2D eigenvalue weighted by Crippen LogP contribution is 2.48. The number of rotatable bonds is 6. The van der Waals surface area contributed by atoms with Crippen LogP contribution >= 0.6 is 0 Å². The van der Waals surface area contributed by atoms with Gasteiger partial charge in [-0.05, 0) is 80.7 Å². The van der Waals surface area contributed by atoms with Gasteiger partial charge in [0.05, 0.1) is 11.6 Å². The Hall–Kier alpha value is -3.75. The van der Waals surface area contributed by atoms with E-state index >= 15 is 0 Å². The molecule has 0 spiro atoms. The number of imidazole rings is 1. The zero-order valence-electron chi connectivity index (χ0n) is 25.1. The molecule has 3 aromatic heterocycles. The van der Waals surface area contributed by atoms with Crippen LogP contribution < -0.4 is 10.2 Å². The van der Waals surface area contributed by atoms with E-state index in [4.69, 9.17) is 15.0 Å². The van der Waals surface area contributed by atoms with Crippen molar-refractivity contribution in [2.75, 3.05) is 38.6 Å². The summed E-state index contributed by atoms with van der Waals surface area (Å²) >= 11 is 0. The number of hydrogen-bond donors (Lipinski definition) is 2. The van der Waals surface area contributed by atoms with E-state index in [9.17, 15) is 5.11 Å². The zero-order valence-corrected chi connectivity index (χ0v) is 25.1. The Morgan fingerprint density at radius 2 is 1.83 bits per heavy atom. The molecule has 2 N–H and O–H groups in total. The van der Waals surface area contributed by atoms with Crippen molar-refractivity contribution in [2.45, 2.75) is 58.2 Å². The van der Waals surface area contributed by atoms with E-state index in [1.165, 1.54) is 6.42 Å². The maximum absolute atomic E-state index is 10.7. The fourth-order valence-electron chi connectivity index (χ4n) is 7.80. The normalized spacial score (nSPS) is 22.0. The average molecular weight is 562 g/mol. The van der Waals surface area contributed by atoms with E-state index < -0.39 is 0 Å². The highest BCUT2D eigenvalue weighted by molar-refractivity contribution is 6.09. The van der Waals surface area contributed by atoms with E-state index in [1.807, 2.05) is 18.2 Å². The highest BCUT2D eigenvalue weighted by atomic mass is 16.3. The molecular weight excluding hydrogens is 522 g/mol. The third-order valence-electron chi connectivity index (χ3n) is 10.1. The molecule has 3 unspecified atom stereocenters. The van der Waals surface area contributed by atoms with E-state index in [0.717, 1.165) is 99.3 Å². The van der Waals surface area contributed by atoms with E-state index in [0.29, 0.717) is 24.0 Å². The first kappa shape index (κ1) is 25.9. The lowest BCUT2D eigenvalue weighted by molar-refractivity contribution is 0.220. The van der Waals surface area contributed by atoms with Crippen molar-refractivity contribution in [3.8, 4) is 16.9 Å². The topological polar surface area (TPSA) is 82.3 Å². The minimum atomic E-state index is 0.261. The number of hydrogen-bond acceptors (Lipinski definition) is 7. The van der Waals surface area contributed by atoms with Crippen molar-refractivity contribution < 1.29 is 5.11 Å². The molecule has 2 bridgehead atoms. The van der Waals surface area contributed by atoms with Gasteiger partial charge in [0, 0.05) is 49.4 Å². The molecule has 3 saturated heterocycles. The number of aromatic hydroxyl groups is 1. The van der Waals surface area contributed by atoms with Gasteiger partial charge in [0.15, 0.2) is 5.82 Å². The Balaban J connectivity index is 1.43. The number of phenolic OH excluding ortho intramolecular Hbond substituents is 1. The highest BCUT2D eigenvalue weighted by Gasteiger charge is 2.49. The second-order valence-electron chi connectivity index (χ2n) is 12.9. The van der Waals surface area contributed by atoms with Crippen LogP contribution in [0.5, 0.6) is 5.75 Å². The van der Waals surface area contributed by atoms with Crippen LogP contribution in [0.2, 0.25) is 0 Å². The first-order valence-electron chi connectivity index (χ1n) is 15.4. The van der Waals surface area contributed by atoms with Crippen LogP contribution in [0.25, 0.3) is 44.0 Å². The van der Waals surface area contributed by atoms with E-state index in [1.54, 1.807) is 0 Å². The number of anilines is 1. The number of aryl methyl sites for hydroxylation is 3. The number of nitrogens with one attached hydrogen (secondary N) is 1. The smallest absolute Gasteiger partial charge is 0.157 e. The van der Waals surface area contributed by atoms with Gasteiger partial charge in [-0.2, -0.15) is 0 Å². The molecule has 216 valence electrons. The van der Waals surface area contributed by atoms with Crippen molar-refractivity contribution in [3.63, 3.8) is 0 Å². The standard InChI is InChI=1S/C34H39N7O/c1-6-9-27-37-31-33(41(27)32-21-13-26(32)35-15-21)30-29(38-34(31)40-16-22(17-40)39(4)5)18(2)28(19(3)36-30)25-14-23(42)12-20-10-7-8-11-24(20)25/h7-8,10-12,14,21-22,26,32,35,42H,6,9,13,15-17H2,1-5H3. The Bertz CT molecular complexity index is 1870. The first-order valence-corrected chi connectivity index (χ1v) is 15.4. The van der Waals surface area contributed by atoms with Crippen LogP contribution in [0.3, 0.4) is 0 Å². The Labute approximate surface area is 246 Å². The van der Waals surface area contributed by atoms with Gasteiger partial charge in [0.25, 0.3) is 0 Å². The molecule has 8 nitrogen and oxygen atoms in total. The third-order valence-corrected chi connectivity index (χ3v) is 10.1. The molecule has 42 heavy (non-hydrogen) atoms. The summed E-state index contributed by atoms with van der Waals surface area (Å²) in [7, 11) is 4.31. The van der Waals surface area contributed by atoms with Gasteiger partial charge in [0.2, 0.25) is 0 Å². The number of pyridine rings is 2. The lowest BCUT2D eigenvalue weighted by Gasteiger charge is -2.43. The molecule has 8 heteroatoms. The number of fused-ring (bicyclic) bond motifs is 5. The minimum Gasteiger partial charge on any atom is -0.508 e. The van der Waals surface area contributed by atoms with Gasteiger partial charge in [-0.3, -0.25) is 0 Å². The second kappa shape index (κ2) is 9.38. The van der Waals surface area contributed by atoms with Crippen LogP contribution in [0.4, 0.5) is 5.82 Å². The molecule has 0 amide bonds. The second-order valence-corrected chi connectivity index (χ2v) is 12.9. The molecule has 6 heterocycles. The Kier molecular flexibility index (Phi) is 5.79. The number of aromatic nitrogens is 4. The summed E-state index contributed by atoms with van der Waals surface area (Å²) < 4.78 is 2.56. The van der Waals surface area contributed by atoms with Gasteiger partial charge in [-0.15, -0.1) is 0 Å². The van der Waals surface area contributed by atoms with Gasteiger partial charge >= 0.3 is 0 Å². The van der Waals surface area contributed by atoms with Crippen LogP contribution in [0.1, 0.15) is 42.9 Å². The summed E-state index contributed by atoms with van der Waals surface area (Å²) in [5.41, 5.74) is 8.11. The minimum absolute atomic E-state index is 0.261. The Morgan fingerprint density at radius 1 is 1.02 bits per heavy atom. The van der Waals surface area contributed by atoms with Gasteiger partial charge < -0.3 is 24.8 Å². The quantitative estimate of drug-likeness (QED) is 0.289. The maximum Gasteiger partial charge on any atom is 0.157 e. The van der Waals surface area contributed by atoms with Crippen LogP contribution in [-0.2, 0) is 6.42 Å². The zero-order chi connectivity index (χ0) is 28.9. The molecule has 1 saturated carbocycles. The number of likely N-dealkylation sites (N-methyl/N-ethyl adjacent to an activating group) is 1. The van der Waals surface area contributed by atoms with Crippen molar-refractivity contribution in [1.82, 2.24) is 29.7 Å². The molecule has 0 radical (unpaired) electrons. The lowest BCUT2D eigenvalue weighted by Crippen LogP contribution is -2.57. The first-order chi connectivity index (χ1) is 20.3. The summed E-state index contributed by atoms with van der Waals surface area (Å²) in [5, 5.41) is 16.6.